The van der Waals surface area contributed by atoms with Crippen LogP contribution in [0, 0.1) is 5.41 Å². The van der Waals surface area contributed by atoms with Gasteiger partial charge in [-0.15, -0.1) is 30.1 Å². The highest BCUT2D eigenvalue weighted by molar-refractivity contribution is 8.22. The molecule has 0 bridgehead atoms. The Morgan fingerprint density at radius 3 is 2.77 bits per heavy atom. The number of aldehydes is 1. The number of carbonyl (C=O) groups is 2. The smallest absolute Gasteiger partial charge is 0.169 e. The molecule has 0 saturated heterocycles. The number of carbonyl (C=O) groups excluding carboxylic acids is 2. The van der Waals surface area contributed by atoms with Crippen molar-refractivity contribution in [2.75, 3.05) is 5.75 Å². The minimum absolute atomic E-state index is 0.00742. The topological polar surface area (TPSA) is 34.1 Å². The molecule has 1 heterocycles. The molecule has 1 atom stereocenters. The van der Waals surface area contributed by atoms with Crippen molar-refractivity contribution in [3.63, 3.8) is 0 Å². The molecule has 0 aromatic rings. The lowest BCUT2D eigenvalue weighted by molar-refractivity contribution is -0.117. The third kappa shape index (κ3) is 3.60. The molecule has 1 aliphatic carbocycles. The molecule has 0 aromatic heterocycles. The van der Waals surface area contributed by atoms with Gasteiger partial charge in [0.15, 0.2) is 12.1 Å². The van der Waals surface area contributed by atoms with Crippen LogP contribution in [-0.4, -0.2) is 23.1 Å². The van der Waals surface area contributed by atoms with Crippen LogP contribution in [0.4, 0.5) is 0 Å². The fourth-order valence-electron chi connectivity index (χ4n) is 3.50. The first-order valence-electron chi connectivity index (χ1n) is 7.74. The molecule has 4 heteroatoms. The largest absolute Gasteiger partial charge is 0.298 e. The van der Waals surface area contributed by atoms with Gasteiger partial charge in [-0.2, -0.15) is 0 Å². The third-order valence-corrected chi connectivity index (χ3v) is 7.10. The van der Waals surface area contributed by atoms with Gasteiger partial charge in [-0.05, 0) is 31.6 Å². The van der Waals surface area contributed by atoms with Gasteiger partial charge in [-0.25, -0.2) is 0 Å². The standard InChI is InChI=1S/C18H24O2S2/c1-5-9-21-17-13(11-19)14(20)10-15(22-17)16-12(2)7-6-8-18(16,3)4/h5,11,15H,1,6-10H2,2-4H3. The van der Waals surface area contributed by atoms with E-state index < -0.39 is 0 Å². The Morgan fingerprint density at radius 2 is 2.18 bits per heavy atom. The zero-order valence-electron chi connectivity index (χ0n) is 13.6. The van der Waals surface area contributed by atoms with Gasteiger partial charge in [-0.3, -0.25) is 9.59 Å². The minimum Gasteiger partial charge on any atom is -0.298 e. The van der Waals surface area contributed by atoms with E-state index in [0.717, 1.165) is 22.7 Å². The number of hydrogen-bond donors (Lipinski definition) is 0. The van der Waals surface area contributed by atoms with Gasteiger partial charge < -0.3 is 0 Å². The predicted molar refractivity (Wildman–Crippen MR) is 97.1 cm³/mol. The average molecular weight is 337 g/mol. The molecule has 120 valence electrons. The summed E-state index contributed by atoms with van der Waals surface area (Å²) < 4.78 is 0.873. The van der Waals surface area contributed by atoms with Gasteiger partial charge in [0.1, 0.15) is 0 Å². The lowest BCUT2D eigenvalue weighted by atomic mass is 9.70. The summed E-state index contributed by atoms with van der Waals surface area (Å²) in [6.45, 7) is 10.5. The molecular weight excluding hydrogens is 312 g/mol. The monoisotopic (exact) mass is 336 g/mol. The highest BCUT2D eigenvalue weighted by Gasteiger charge is 2.38. The van der Waals surface area contributed by atoms with Gasteiger partial charge in [0.2, 0.25) is 0 Å². The molecule has 1 unspecified atom stereocenters. The maximum absolute atomic E-state index is 12.4. The van der Waals surface area contributed by atoms with Crippen LogP contribution in [-0.2, 0) is 9.59 Å². The summed E-state index contributed by atoms with van der Waals surface area (Å²) in [4.78, 5) is 23.7. The van der Waals surface area contributed by atoms with E-state index in [9.17, 15) is 9.59 Å². The van der Waals surface area contributed by atoms with Gasteiger partial charge >= 0.3 is 0 Å². The zero-order valence-corrected chi connectivity index (χ0v) is 15.2. The first-order valence-corrected chi connectivity index (χ1v) is 9.60. The summed E-state index contributed by atoms with van der Waals surface area (Å²) in [6.07, 6.45) is 6.51. The summed E-state index contributed by atoms with van der Waals surface area (Å²) in [6, 6.07) is 0. The third-order valence-electron chi connectivity index (χ3n) is 4.45. The van der Waals surface area contributed by atoms with Gasteiger partial charge in [0.05, 0.1) is 9.81 Å². The molecule has 0 aromatic carbocycles. The van der Waals surface area contributed by atoms with Crippen LogP contribution in [0.25, 0.3) is 0 Å². The van der Waals surface area contributed by atoms with E-state index in [-0.39, 0.29) is 16.4 Å². The Labute approximate surface area is 141 Å². The van der Waals surface area contributed by atoms with Crippen LogP contribution in [0.3, 0.4) is 0 Å². The second-order valence-corrected chi connectivity index (χ2v) is 9.09. The van der Waals surface area contributed by atoms with Crippen LogP contribution in [0.15, 0.2) is 33.6 Å². The SMILES string of the molecule is C=CCSC1=C(C=O)C(=O)CC(C2=C(C)CCCC2(C)C)S1. The van der Waals surface area contributed by atoms with Crippen LogP contribution in [0.5, 0.6) is 0 Å². The van der Waals surface area contributed by atoms with Crippen LogP contribution >= 0.6 is 23.5 Å². The van der Waals surface area contributed by atoms with E-state index in [0.29, 0.717) is 12.0 Å². The Balaban J connectivity index is 2.35. The van der Waals surface area contributed by atoms with Crippen molar-refractivity contribution >= 4 is 35.6 Å². The molecule has 0 fully saturated rings. The summed E-state index contributed by atoms with van der Waals surface area (Å²) in [5, 5.41) is 0.179. The molecule has 0 saturated carbocycles. The average Bonchev–Trinajstić information content (AvgIpc) is 2.43. The number of rotatable bonds is 5. The minimum atomic E-state index is -0.00742. The van der Waals surface area contributed by atoms with Crippen molar-refractivity contribution in [3.8, 4) is 0 Å². The number of Topliss-reactive ketones (excluding diaryl/α,β-unsaturated/α-hetero) is 1. The van der Waals surface area contributed by atoms with Gasteiger partial charge in [-0.1, -0.05) is 31.1 Å². The van der Waals surface area contributed by atoms with Crippen molar-refractivity contribution < 1.29 is 9.59 Å². The van der Waals surface area contributed by atoms with E-state index in [4.69, 9.17) is 0 Å². The fraction of sp³-hybridized carbons (Fsp3) is 0.556. The lowest BCUT2D eigenvalue weighted by Crippen LogP contribution is -2.31. The number of allylic oxidation sites excluding steroid dienone is 2. The number of hydrogen-bond acceptors (Lipinski definition) is 4. The van der Waals surface area contributed by atoms with E-state index in [1.807, 2.05) is 6.08 Å². The summed E-state index contributed by atoms with van der Waals surface area (Å²) in [5.74, 6) is 0.716. The molecule has 0 spiro atoms. The second kappa shape index (κ2) is 7.22. The van der Waals surface area contributed by atoms with E-state index in [2.05, 4.69) is 27.4 Å². The molecule has 1 aliphatic heterocycles. The Bertz CT molecular complexity index is 555. The van der Waals surface area contributed by atoms with E-state index in [1.165, 1.54) is 24.0 Å². The Kier molecular flexibility index (Phi) is 5.78. The van der Waals surface area contributed by atoms with Crippen LogP contribution in [0.2, 0.25) is 0 Å². The molecule has 0 radical (unpaired) electrons. The van der Waals surface area contributed by atoms with Crippen LogP contribution < -0.4 is 0 Å². The van der Waals surface area contributed by atoms with Crippen LogP contribution in [0.1, 0.15) is 46.5 Å². The molecule has 2 nitrogen and oxygen atoms in total. The molecule has 0 N–H and O–H groups in total. The lowest BCUT2D eigenvalue weighted by Gasteiger charge is -2.40. The highest BCUT2D eigenvalue weighted by Crippen LogP contribution is 2.51. The molecule has 2 aliphatic rings. The summed E-state index contributed by atoms with van der Waals surface area (Å²) >= 11 is 3.26. The summed E-state index contributed by atoms with van der Waals surface area (Å²) in [7, 11) is 0. The molecule has 2 rings (SSSR count). The maximum atomic E-state index is 12.4. The zero-order chi connectivity index (χ0) is 16.3. The number of ketones is 1. The first-order chi connectivity index (χ1) is 10.4. The predicted octanol–water partition coefficient (Wildman–Crippen LogP) is 4.92. The van der Waals surface area contributed by atoms with Gasteiger partial charge in [0.25, 0.3) is 0 Å². The Hall–Kier alpha value is -0.740. The molecule has 0 amide bonds. The highest BCUT2D eigenvalue weighted by atomic mass is 32.2. The molecular formula is C18H24O2S2. The van der Waals surface area contributed by atoms with Crippen molar-refractivity contribution in [2.45, 2.75) is 51.7 Å². The molecule has 22 heavy (non-hydrogen) atoms. The van der Waals surface area contributed by atoms with Crippen molar-refractivity contribution in [2.24, 2.45) is 5.41 Å². The first kappa shape index (κ1) is 17.6. The normalized spacial score (nSPS) is 25.4. The van der Waals surface area contributed by atoms with Crippen molar-refractivity contribution in [1.82, 2.24) is 0 Å². The number of thioether (sulfide) groups is 2. The van der Waals surface area contributed by atoms with Crippen molar-refractivity contribution in [1.29, 1.82) is 0 Å². The van der Waals surface area contributed by atoms with Crippen molar-refractivity contribution in [3.05, 3.63) is 33.6 Å². The quantitative estimate of drug-likeness (QED) is 0.405. The van der Waals surface area contributed by atoms with Gasteiger partial charge in [0, 0.05) is 17.4 Å². The fourth-order valence-corrected chi connectivity index (χ4v) is 6.33. The van der Waals surface area contributed by atoms with E-state index in [1.54, 1.807) is 23.5 Å². The maximum Gasteiger partial charge on any atom is 0.169 e. The van der Waals surface area contributed by atoms with E-state index >= 15 is 0 Å². The Morgan fingerprint density at radius 1 is 1.45 bits per heavy atom. The second-order valence-electron chi connectivity index (χ2n) is 6.58. The summed E-state index contributed by atoms with van der Waals surface area (Å²) in [5.41, 5.74) is 3.37.